The second-order valence-electron chi connectivity index (χ2n) is 5.05. The lowest BCUT2D eigenvalue weighted by Crippen LogP contribution is -2.27. The molecule has 0 saturated carbocycles. The Morgan fingerprint density at radius 2 is 1.58 bits per heavy atom. The van der Waals surface area contributed by atoms with Crippen molar-refractivity contribution in [2.45, 2.75) is 32.5 Å². The summed E-state index contributed by atoms with van der Waals surface area (Å²) in [6.45, 7) is 8.23. The van der Waals surface area contributed by atoms with Gasteiger partial charge in [0.1, 0.15) is 6.10 Å². The molecule has 0 amide bonds. The Kier molecular flexibility index (Phi) is 11.4. The molecule has 0 aromatic rings. The third kappa shape index (κ3) is 14.0. The lowest BCUT2D eigenvalue weighted by molar-refractivity contribution is -0.0792. The average Bonchev–Trinajstić information content (AvgIpc) is 2.34. The van der Waals surface area contributed by atoms with Gasteiger partial charge in [-0.1, -0.05) is 0 Å². The molecular formula is C13H28O6. The standard InChI is InChI=1S/C13H28O6/c1-13(2,3)19-9-7-17-11-12(10-15)18-8-6-16-5-4-14/h12,14-15H,4-11H2,1-3H3. The second kappa shape index (κ2) is 11.6. The topological polar surface area (TPSA) is 77.4 Å². The molecule has 2 N–H and O–H groups in total. The van der Waals surface area contributed by atoms with Crippen LogP contribution in [0.15, 0.2) is 0 Å². The maximum atomic E-state index is 9.10. The Morgan fingerprint density at radius 1 is 0.895 bits per heavy atom. The smallest absolute Gasteiger partial charge is 0.104 e. The summed E-state index contributed by atoms with van der Waals surface area (Å²) >= 11 is 0. The Morgan fingerprint density at radius 3 is 2.16 bits per heavy atom. The molecule has 1 unspecified atom stereocenters. The van der Waals surface area contributed by atoms with E-state index in [4.69, 9.17) is 29.2 Å². The van der Waals surface area contributed by atoms with Crippen molar-refractivity contribution in [3.05, 3.63) is 0 Å². The van der Waals surface area contributed by atoms with Crippen LogP contribution in [0.4, 0.5) is 0 Å². The van der Waals surface area contributed by atoms with Crippen molar-refractivity contribution in [3.8, 4) is 0 Å². The number of aliphatic hydroxyl groups excluding tert-OH is 2. The van der Waals surface area contributed by atoms with E-state index in [2.05, 4.69) is 0 Å². The van der Waals surface area contributed by atoms with Crippen molar-refractivity contribution < 1.29 is 29.2 Å². The Labute approximate surface area is 115 Å². The van der Waals surface area contributed by atoms with E-state index < -0.39 is 0 Å². The minimum Gasteiger partial charge on any atom is -0.394 e. The van der Waals surface area contributed by atoms with Crippen molar-refractivity contribution in [2.24, 2.45) is 0 Å². The number of aliphatic hydroxyl groups is 2. The van der Waals surface area contributed by atoms with E-state index >= 15 is 0 Å². The highest BCUT2D eigenvalue weighted by molar-refractivity contribution is 4.58. The number of rotatable bonds is 12. The molecule has 0 aromatic carbocycles. The van der Waals surface area contributed by atoms with Crippen LogP contribution < -0.4 is 0 Å². The summed E-state index contributed by atoms with van der Waals surface area (Å²) in [6.07, 6.45) is -0.354. The molecule has 0 heterocycles. The molecule has 6 heteroatoms. The monoisotopic (exact) mass is 280 g/mol. The summed E-state index contributed by atoms with van der Waals surface area (Å²) in [6, 6.07) is 0. The molecule has 0 aliphatic carbocycles. The molecule has 0 aromatic heterocycles. The van der Waals surface area contributed by atoms with Gasteiger partial charge < -0.3 is 29.2 Å². The maximum absolute atomic E-state index is 9.10. The van der Waals surface area contributed by atoms with Crippen molar-refractivity contribution in [2.75, 3.05) is 52.9 Å². The molecule has 0 saturated heterocycles. The van der Waals surface area contributed by atoms with Crippen molar-refractivity contribution in [1.82, 2.24) is 0 Å². The quantitative estimate of drug-likeness (QED) is 0.497. The fourth-order valence-corrected chi connectivity index (χ4v) is 1.22. The van der Waals surface area contributed by atoms with E-state index in [9.17, 15) is 0 Å². The molecule has 0 aliphatic heterocycles. The predicted octanol–water partition coefficient (Wildman–Crippen LogP) is 0.205. The first-order valence-electron chi connectivity index (χ1n) is 6.62. The van der Waals surface area contributed by atoms with Crippen molar-refractivity contribution >= 4 is 0 Å². The Hall–Kier alpha value is -0.240. The molecular weight excluding hydrogens is 252 g/mol. The summed E-state index contributed by atoms with van der Waals surface area (Å²) in [5, 5.41) is 17.6. The fraction of sp³-hybridized carbons (Fsp3) is 1.00. The van der Waals surface area contributed by atoms with Gasteiger partial charge in [0, 0.05) is 0 Å². The molecule has 0 aliphatic rings. The van der Waals surface area contributed by atoms with Gasteiger partial charge in [0.25, 0.3) is 0 Å². The first-order chi connectivity index (χ1) is 8.99. The first-order valence-corrected chi connectivity index (χ1v) is 6.62. The van der Waals surface area contributed by atoms with Gasteiger partial charge in [-0.2, -0.15) is 0 Å². The van der Waals surface area contributed by atoms with E-state index in [-0.39, 0.29) is 24.9 Å². The lowest BCUT2D eigenvalue weighted by Gasteiger charge is -2.20. The SMILES string of the molecule is CC(C)(C)OCCOCC(CO)OCCOCCO. The Balaban J connectivity index is 3.44. The average molecular weight is 280 g/mol. The van der Waals surface area contributed by atoms with E-state index in [0.717, 1.165) is 0 Å². The van der Waals surface area contributed by atoms with Crippen LogP contribution in [-0.4, -0.2) is 74.8 Å². The molecule has 0 spiro atoms. The maximum Gasteiger partial charge on any atom is 0.104 e. The van der Waals surface area contributed by atoms with Crippen LogP contribution in [-0.2, 0) is 18.9 Å². The highest BCUT2D eigenvalue weighted by atomic mass is 16.6. The molecule has 19 heavy (non-hydrogen) atoms. The second-order valence-corrected chi connectivity index (χ2v) is 5.05. The van der Waals surface area contributed by atoms with E-state index in [1.165, 1.54) is 0 Å². The molecule has 0 fully saturated rings. The van der Waals surface area contributed by atoms with Gasteiger partial charge in [-0.15, -0.1) is 0 Å². The van der Waals surface area contributed by atoms with Gasteiger partial charge in [-0.3, -0.25) is 0 Å². The zero-order chi connectivity index (χ0) is 14.6. The first kappa shape index (κ1) is 18.8. The van der Waals surface area contributed by atoms with Crippen molar-refractivity contribution in [1.29, 1.82) is 0 Å². The minimum atomic E-state index is -0.354. The van der Waals surface area contributed by atoms with Crippen molar-refractivity contribution in [3.63, 3.8) is 0 Å². The van der Waals surface area contributed by atoms with E-state index in [1.54, 1.807) is 0 Å². The molecule has 6 nitrogen and oxygen atoms in total. The van der Waals surface area contributed by atoms with Crippen LogP contribution in [0.3, 0.4) is 0 Å². The van der Waals surface area contributed by atoms with E-state index in [0.29, 0.717) is 39.6 Å². The highest BCUT2D eigenvalue weighted by Crippen LogP contribution is 2.05. The summed E-state index contributed by atoms with van der Waals surface area (Å²) in [5.41, 5.74) is -0.166. The van der Waals surface area contributed by atoms with Gasteiger partial charge in [0.05, 0.1) is 58.5 Å². The predicted molar refractivity (Wildman–Crippen MR) is 71.3 cm³/mol. The summed E-state index contributed by atoms with van der Waals surface area (Å²) in [5.74, 6) is 0. The third-order valence-electron chi connectivity index (χ3n) is 2.09. The van der Waals surface area contributed by atoms with Crippen LogP contribution in [0.25, 0.3) is 0 Å². The molecule has 0 rings (SSSR count). The number of ether oxygens (including phenoxy) is 4. The normalized spacial score (nSPS) is 13.7. The molecule has 116 valence electrons. The van der Waals surface area contributed by atoms with Crippen LogP contribution >= 0.6 is 0 Å². The van der Waals surface area contributed by atoms with Gasteiger partial charge in [-0.05, 0) is 20.8 Å². The largest absolute Gasteiger partial charge is 0.394 e. The number of hydrogen-bond donors (Lipinski definition) is 2. The van der Waals surface area contributed by atoms with Crippen LogP contribution in [0, 0.1) is 0 Å². The fourth-order valence-electron chi connectivity index (χ4n) is 1.22. The summed E-state index contributed by atoms with van der Waals surface area (Å²) in [4.78, 5) is 0. The highest BCUT2D eigenvalue weighted by Gasteiger charge is 2.10. The van der Waals surface area contributed by atoms with Gasteiger partial charge in [0.2, 0.25) is 0 Å². The minimum absolute atomic E-state index is 0.000314. The van der Waals surface area contributed by atoms with Crippen LogP contribution in [0.5, 0.6) is 0 Å². The van der Waals surface area contributed by atoms with Gasteiger partial charge >= 0.3 is 0 Å². The third-order valence-corrected chi connectivity index (χ3v) is 2.09. The van der Waals surface area contributed by atoms with Gasteiger partial charge in [-0.25, -0.2) is 0 Å². The molecule has 0 bridgehead atoms. The zero-order valence-corrected chi connectivity index (χ0v) is 12.3. The van der Waals surface area contributed by atoms with Crippen LogP contribution in [0.1, 0.15) is 20.8 Å². The number of hydrogen-bond acceptors (Lipinski definition) is 6. The summed E-state index contributed by atoms with van der Waals surface area (Å²) < 4.78 is 21.3. The zero-order valence-electron chi connectivity index (χ0n) is 12.3. The molecule has 1 atom stereocenters. The lowest BCUT2D eigenvalue weighted by atomic mass is 10.2. The molecule has 0 radical (unpaired) electrons. The summed E-state index contributed by atoms with van der Waals surface area (Å²) in [7, 11) is 0. The van der Waals surface area contributed by atoms with Gasteiger partial charge in [0.15, 0.2) is 0 Å². The van der Waals surface area contributed by atoms with E-state index in [1.807, 2.05) is 20.8 Å². The van der Waals surface area contributed by atoms with Crippen LogP contribution in [0.2, 0.25) is 0 Å². The Bertz CT molecular complexity index is 192.